The van der Waals surface area contributed by atoms with Crippen LogP contribution in [0.2, 0.25) is 13.1 Å². The van der Waals surface area contributed by atoms with Gasteiger partial charge in [-0.25, -0.2) is 0 Å². The minimum atomic E-state index is -1.60. The Morgan fingerprint density at radius 2 is 1.88 bits per heavy atom. The third kappa shape index (κ3) is 4.16. The number of allylic oxidation sites excluding steroid dienone is 1. The van der Waals surface area contributed by atoms with Crippen LogP contribution in [0, 0.1) is 0 Å². The molecule has 0 atom stereocenters. The highest BCUT2D eigenvalue weighted by atomic mass is 28.3. The van der Waals surface area contributed by atoms with Crippen LogP contribution in [0.3, 0.4) is 0 Å². The van der Waals surface area contributed by atoms with Gasteiger partial charge in [-0.05, 0) is 12.8 Å². The molecule has 0 spiro atoms. The van der Waals surface area contributed by atoms with Crippen molar-refractivity contribution in [2.75, 3.05) is 0 Å². The predicted octanol–water partition coefficient (Wildman–Crippen LogP) is 4.67. The van der Waals surface area contributed by atoms with Gasteiger partial charge in [-0.2, -0.15) is 0 Å². The van der Waals surface area contributed by atoms with Crippen molar-refractivity contribution in [1.82, 2.24) is 0 Å². The molecular formula is C16H26Si. The van der Waals surface area contributed by atoms with Crippen LogP contribution >= 0.6 is 0 Å². The summed E-state index contributed by atoms with van der Waals surface area (Å²) in [6.07, 6.45) is 6.24. The van der Waals surface area contributed by atoms with Crippen molar-refractivity contribution >= 4 is 13.3 Å². The first kappa shape index (κ1) is 12.6. The van der Waals surface area contributed by atoms with Crippen LogP contribution < -0.4 is 5.19 Å². The Labute approximate surface area is 109 Å². The second kappa shape index (κ2) is 6.80. The van der Waals surface area contributed by atoms with E-state index in [1.807, 2.05) is 0 Å². The van der Waals surface area contributed by atoms with Crippen molar-refractivity contribution in [1.29, 1.82) is 0 Å². The second-order valence-corrected chi connectivity index (χ2v) is 9.80. The molecule has 0 aliphatic carbocycles. The van der Waals surface area contributed by atoms with Gasteiger partial charge >= 0.3 is 0 Å². The number of benzene rings is 1. The number of rotatable bonds is 7. The fraction of sp³-hybridized carbons (Fsp3) is 0.500. The molecule has 0 aliphatic heterocycles. The summed E-state index contributed by atoms with van der Waals surface area (Å²) in [7, 11) is -1.60. The Morgan fingerprint density at radius 3 is 2.47 bits per heavy atom. The summed E-state index contributed by atoms with van der Waals surface area (Å²) < 4.78 is 7.72. The molecule has 1 aromatic carbocycles. The van der Waals surface area contributed by atoms with E-state index in [4.69, 9.17) is 1.37 Å². The lowest BCUT2D eigenvalue weighted by Gasteiger charge is -2.26. The molecule has 0 N–H and O–H groups in total. The van der Waals surface area contributed by atoms with Crippen molar-refractivity contribution in [2.24, 2.45) is 0 Å². The highest BCUT2D eigenvalue weighted by Crippen LogP contribution is 2.19. The largest absolute Gasteiger partial charge is 0.106 e. The molecule has 0 aromatic heterocycles. The SMILES string of the molecule is [2H]C=C(CCCCCC)[Si](C)(C)c1ccccc1. The lowest BCUT2D eigenvalue weighted by atomic mass is 10.1. The summed E-state index contributed by atoms with van der Waals surface area (Å²) in [5.74, 6) is 0. The van der Waals surface area contributed by atoms with E-state index >= 15 is 0 Å². The maximum atomic E-state index is 7.72. The maximum absolute atomic E-state index is 7.72. The van der Waals surface area contributed by atoms with Crippen LogP contribution in [0.25, 0.3) is 0 Å². The Balaban J connectivity index is 2.69. The fourth-order valence-corrected chi connectivity index (χ4v) is 4.29. The zero-order chi connectivity index (χ0) is 13.4. The first-order valence-corrected chi connectivity index (χ1v) is 9.76. The fourth-order valence-electron chi connectivity index (χ4n) is 2.09. The van der Waals surface area contributed by atoms with Crippen molar-refractivity contribution in [3.63, 3.8) is 0 Å². The third-order valence-electron chi connectivity index (χ3n) is 3.60. The molecule has 0 heterocycles. The third-order valence-corrected chi connectivity index (χ3v) is 7.23. The molecule has 1 heteroatoms. The second-order valence-electron chi connectivity index (χ2n) is 5.33. The van der Waals surface area contributed by atoms with Crippen LogP contribution in [0.15, 0.2) is 42.1 Å². The summed E-state index contributed by atoms with van der Waals surface area (Å²) in [6, 6.07) is 10.7. The standard InChI is InChI=1S/C16H26Si/c1-5-6-7-9-12-15(2)17(3,4)16-13-10-8-11-14-16/h8,10-11,13-14H,2,5-7,9,12H2,1,3-4H3/i2D. The van der Waals surface area contributed by atoms with Gasteiger partial charge in [0.25, 0.3) is 0 Å². The Hall–Kier alpha value is -0.823. The highest BCUT2D eigenvalue weighted by Gasteiger charge is 2.25. The van der Waals surface area contributed by atoms with Crippen LogP contribution in [0.1, 0.15) is 40.4 Å². The van der Waals surface area contributed by atoms with Crippen molar-refractivity contribution < 1.29 is 1.37 Å². The Morgan fingerprint density at radius 1 is 1.18 bits per heavy atom. The molecule has 0 nitrogen and oxygen atoms in total. The van der Waals surface area contributed by atoms with Crippen LogP contribution in [-0.4, -0.2) is 8.07 Å². The van der Waals surface area contributed by atoms with Gasteiger partial charge in [-0.15, -0.1) is 6.55 Å². The van der Waals surface area contributed by atoms with Crippen LogP contribution in [-0.2, 0) is 0 Å². The van der Waals surface area contributed by atoms with Crippen molar-refractivity contribution in [2.45, 2.75) is 52.1 Å². The number of unbranched alkanes of at least 4 members (excludes halogenated alkanes) is 3. The minimum Gasteiger partial charge on any atom is -0.103 e. The van der Waals surface area contributed by atoms with Gasteiger partial charge in [0.15, 0.2) is 0 Å². The minimum absolute atomic E-state index is 1.11. The molecule has 1 aromatic rings. The van der Waals surface area contributed by atoms with Gasteiger partial charge in [-0.3, -0.25) is 0 Å². The Kier molecular flexibility index (Phi) is 5.05. The van der Waals surface area contributed by atoms with E-state index in [1.165, 1.54) is 36.1 Å². The monoisotopic (exact) mass is 247 g/mol. The lowest BCUT2D eigenvalue weighted by molar-refractivity contribution is 0.671. The summed E-state index contributed by atoms with van der Waals surface area (Å²) in [5, 5.41) is 2.82. The molecule has 0 saturated carbocycles. The van der Waals surface area contributed by atoms with Gasteiger partial charge in [-0.1, -0.05) is 80.0 Å². The normalized spacial score (nSPS) is 13.6. The van der Waals surface area contributed by atoms with Gasteiger partial charge in [0.2, 0.25) is 0 Å². The molecule has 0 fully saturated rings. The zero-order valence-corrected chi connectivity index (χ0v) is 12.5. The van der Waals surface area contributed by atoms with E-state index in [1.54, 1.807) is 6.55 Å². The van der Waals surface area contributed by atoms with Crippen LogP contribution in [0.5, 0.6) is 0 Å². The van der Waals surface area contributed by atoms with E-state index in [9.17, 15) is 0 Å². The molecule has 0 unspecified atom stereocenters. The molecule has 0 amide bonds. The smallest absolute Gasteiger partial charge is 0.103 e. The van der Waals surface area contributed by atoms with E-state index in [2.05, 4.69) is 50.3 Å². The van der Waals surface area contributed by atoms with Crippen molar-refractivity contribution in [3.8, 4) is 0 Å². The first-order valence-electron chi connectivity index (χ1n) is 7.34. The summed E-state index contributed by atoms with van der Waals surface area (Å²) in [4.78, 5) is 0. The van der Waals surface area contributed by atoms with E-state index < -0.39 is 8.07 Å². The summed E-state index contributed by atoms with van der Waals surface area (Å²) in [6.45, 7) is 8.60. The van der Waals surface area contributed by atoms with Crippen molar-refractivity contribution in [3.05, 3.63) is 42.1 Å². The molecule has 0 radical (unpaired) electrons. The van der Waals surface area contributed by atoms with Gasteiger partial charge in [0.05, 0.1) is 1.37 Å². The maximum Gasteiger partial charge on any atom is 0.106 e. The number of hydrogen-bond acceptors (Lipinski definition) is 0. The summed E-state index contributed by atoms with van der Waals surface area (Å²) in [5.41, 5.74) is 0. The molecule has 0 saturated heterocycles. The quantitative estimate of drug-likeness (QED) is 0.485. The van der Waals surface area contributed by atoms with Gasteiger partial charge < -0.3 is 0 Å². The van der Waals surface area contributed by atoms with Crippen LogP contribution in [0.4, 0.5) is 0 Å². The molecule has 0 bridgehead atoms. The molecule has 94 valence electrons. The van der Waals surface area contributed by atoms with E-state index in [0.717, 1.165) is 6.42 Å². The van der Waals surface area contributed by atoms with E-state index in [-0.39, 0.29) is 0 Å². The molecule has 17 heavy (non-hydrogen) atoms. The predicted molar refractivity (Wildman–Crippen MR) is 81.5 cm³/mol. The molecule has 1 rings (SSSR count). The lowest BCUT2D eigenvalue weighted by Crippen LogP contribution is -2.43. The highest BCUT2D eigenvalue weighted by molar-refractivity contribution is 6.95. The van der Waals surface area contributed by atoms with Gasteiger partial charge in [0.1, 0.15) is 8.07 Å². The molecule has 0 aliphatic rings. The summed E-state index contributed by atoms with van der Waals surface area (Å²) >= 11 is 0. The van der Waals surface area contributed by atoms with Gasteiger partial charge in [0, 0.05) is 0 Å². The number of hydrogen-bond donors (Lipinski definition) is 0. The first-order chi connectivity index (χ1) is 8.62. The topological polar surface area (TPSA) is 0 Å². The Bertz CT molecular complexity index is 368. The molecular weight excluding hydrogens is 220 g/mol. The average Bonchev–Trinajstić information content (AvgIpc) is 2.39. The average molecular weight is 247 g/mol. The zero-order valence-electron chi connectivity index (χ0n) is 12.5. The van der Waals surface area contributed by atoms with E-state index in [0.29, 0.717) is 0 Å².